The van der Waals surface area contributed by atoms with Gasteiger partial charge in [0.15, 0.2) is 0 Å². The standard InChI is InChI=1S/C18H24N4O6S/c1-8-4-13-10(5-9(8)21(2)3)22(6-11(24)14(26)12(25)7-23)16-15(29-13)17(27)20-18(28)19-16/h4-5,11-12,14,23-26H,6-7H2,1-3H3,(H2,19,20,27,28)/t11-,12+,14-/m0/s1. The Morgan fingerprint density at radius 1 is 1.14 bits per heavy atom. The fourth-order valence-electron chi connectivity index (χ4n) is 3.26. The van der Waals surface area contributed by atoms with E-state index in [1.54, 1.807) is 0 Å². The lowest BCUT2D eigenvalue weighted by Gasteiger charge is -2.35. The first-order chi connectivity index (χ1) is 13.6. The van der Waals surface area contributed by atoms with E-state index in [4.69, 9.17) is 5.11 Å². The van der Waals surface area contributed by atoms with Crippen molar-refractivity contribution in [3.8, 4) is 0 Å². The minimum atomic E-state index is -1.62. The van der Waals surface area contributed by atoms with Crippen molar-refractivity contribution < 1.29 is 20.4 Å². The fraction of sp³-hybridized carbons (Fsp3) is 0.444. The Morgan fingerprint density at radius 3 is 2.45 bits per heavy atom. The molecule has 0 bridgehead atoms. The number of nitrogens with zero attached hydrogens (tertiary/aromatic N) is 2. The first-order valence-corrected chi connectivity index (χ1v) is 9.74. The zero-order valence-corrected chi connectivity index (χ0v) is 17.0. The van der Waals surface area contributed by atoms with E-state index < -0.39 is 36.2 Å². The van der Waals surface area contributed by atoms with Crippen LogP contribution >= 0.6 is 11.8 Å². The predicted molar refractivity (Wildman–Crippen MR) is 109 cm³/mol. The van der Waals surface area contributed by atoms with Gasteiger partial charge in [0.05, 0.1) is 18.8 Å². The number of nitrogens with one attached hydrogen (secondary N) is 2. The van der Waals surface area contributed by atoms with Gasteiger partial charge >= 0.3 is 5.69 Å². The number of aryl methyl sites for hydroxylation is 1. The first kappa shape index (κ1) is 21.4. The number of rotatable bonds is 6. The molecule has 6 N–H and O–H groups in total. The van der Waals surface area contributed by atoms with Gasteiger partial charge in [-0.1, -0.05) is 11.8 Å². The number of aromatic nitrogens is 2. The van der Waals surface area contributed by atoms with Crippen LogP contribution in [0.4, 0.5) is 17.2 Å². The summed E-state index contributed by atoms with van der Waals surface area (Å²) < 4.78 is 0. The van der Waals surface area contributed by atoms with Gasteiger partial charge < -0.3 is 30.2 Å². The third kappa shape index (κ3) is 4.05. The highest BCUT2D eigenvalue weighted by Crippen LogP contribution is 2.47. The van der Waals surface area contributed by atoms with Gasteiger partial charge in [-0.05, 0) is 24.6 Å². The Hall–Kier alpha value is -2.31. The molecule has 2 aromatic rings. The van der Waals surface area contributed by atoms with Gasteiger partial charge in [0, 0.05) is 24.7 Å². The summed E-state index contributed by atoms with van der Waals surface area (Å²) in [5.41, 5.74) is 1.23. The topological polar surface area (TPSA) is 153 Å². The monoisotopic (exact) mass is 424 g/mol. The predicted octanol–water partition coefficient (Wildman–Crippen LogP) is -0.885. The molecule has 158 valence electrons. The number of aromatic amines is 2. The molecule has 1 aromatic carbocycles. The molecule has 0 radical (unpaired) electrons. The van der Waals surface area contributed by atoms with Crippen molar-refractivity contribution in [3.63, 3.8) is 0 Å². The lowest BCUT2D eigenvalue weighted by atomic mass is 10.1. The molecule has 0 saturated carbocycles. The van der Waals surface area contributed by atoms with Crippen molar-refractivity contribution in [2.75, 3.05) is 37.0 Å². The largest absolute Gasteiger partial charge is 0.394 e. The maximum Gasteiger partial charge on any atom is 0.327 e. The Morgan fingerprint density at radius 2 is 1.83 bits per heavy atom. The van der Waals surface area contributed by atoms with Gasteiger partial charge in [0.25, 0.3) is 5.56 Å². The summed E-state index contributed by atoms with van der Waals surface area (Å²) in [4.78, 5) is 33.4. The van der Waals surface area contributed by atoms with E-state index in [2.05, 4.69) is 9.97 Å². The van der Waals surface area contributed by atoms with Crippen LogP contribution in [-0.2, 0) is 0 Å². The Balaban J connectivity index is 2.14. The van der Waals surface area contributed by atoms with Gasteiger partial charge in [0.2, 0.25) is 0 Å². The molecule has 0 spiro atoms. The lowest BCUT2D eigenvalue weighted by molar-refractivity contribution is -0.0727. The summed E-state index contributed by atoms with van der Waals surface area (Å²) >= 11 is 1.19. The second-order valence-corrected chi connectivity index (χ2v) is 8.16. The Labute approximate surface area is 170 Å². The molecule has 1 aliphatic rings. The number of aliphatic hydroxyl groups excluding tert-OH is 4. The number of hydrogen-bond acceptors (Lipinski definition) is 9. The average molecular weight is 424 g/mol. The van der Waals surface area contributed by atoms with Crippen LogP contribution in [-0.4, -0.2) is 76.0 Å². The van der Waals surface area contributed by atoms with E-state index in [1.165, 1.54) is 16.7 Å². The molecule has 0 amide bonds. The van der Waals surface area contributed by atoms with E-state index in [0.29, 0.717) is 5.69 Å². The van der Waals surface area contributed by atoms with Gasteiger partial charge in [-0.25, -0.2) is 4.79 Å². The molecule has 1 aliphatic heterocycles. The molecular weight excluding hydrogens is 400 g/mol. The molecular formula is C18H24N4O6S. The first-order valence-electron chi connectivity index (χ1n) is 8.93. The van der Waals surface area contributed by atoms with E-state index in [-0.39, 0.29) is 17.3 Å². The summed E-state index contributed by atoms with van der Waals surface area (Å²) in [6.45, 7) is 0.985. The maximum atomic E-state index is 12.4. The van der Waals surface area contributed by atoms with Crippen molar-refractivity contribution in [3.05, 3.63) is 38.5 Å². The van der Waals surface area contributed by atoms with Crippen molar-refractivity contribution in [1.82, 2.24) is 9.97 Å². The van der Waals surface area contributed by atoms with Gasteiger partial charge in [-0.15, -0.1) is 0 Å². The number of aliphatic hydroxyl groups is 4. The second-order valence-electron chi connectivity index (χ2n) is 7.11. The highest BCUT2D eigenvalue weighted by Gasteiger charge is 2.33. The average Bonchev–Trinajstić information content (AvgIpc) is 2.66. The summed E-state index contributed by atoms with van der Waals surface area (Å²) in [5.74, 6) is 0.189. The zero-order valence-electron chi connectivity index (χ0n) is 16.2. The van der Waals surface area contributed by atoms with Crippen LogP contribution in [0.1, 0.15) is 5.56 Å². The third-order valence-corrected chi connectivity index (χ3v) is 5.89. The number of H-pyrrole nitrogens is 2. The van der Waals surface area contributed by atoms with Crippen molar-refractivity contribution in [2.24, 2.45) is 0 Å². The minimum absolute atomic E-state index is 0.189. The Bertz CT molecular complexity index is 1020. The van der Waals surface area contributed by atoms with Crippen molar-refractivity contribution in [2.45, 2.75) is 35.0 Å². The highest BCUT2D eigenvalue weighted by atomic mass is 32.2. The summed E-state index contributed by atoms with van der Waals surface area (Å²) in [6, 6.07) is 3.77. The molecule has 11 heteroatoms. The summed E-state index contributed by atoms with van der Waals surface area (Å²) in [6.07, 6.45) is -4.61. The number of fused-ring (bicyclic) bond motifs is 2. The van der Waals surface area contributed by atoms with E-state index in [9.17, 15) is 24.9 Å². The molecule has 3 rings (SSSR count). The molecule has 1 aromatic heterocycles. The molecule has 0 fully saturated rings. The second kappa shape index (κ2) is 8.20. The molecule has 0 unspecified atom stereocenters. The highest BCUT2D eigenvalue weighted by molar-refractivity contribution is 7.99. The van der Waals surface area contributed by atoms with E-state index >= 15 is 0 Å². The molecule has 10 nitrogen and oxygen atoms in total. The summed E-state index contributed by atoms with van der Waals surface area (Å²) in [5, 5.41) is 39.2. The van der Waals surface area contributed by atoms with Crippen LogP contribution in [0.15, 0.2) is 31.5 Å². The normalized spacial score (nSPS) is 16.0. The number of hydrogen-bond donors (Lipinski definition) is 6. The van der Waals surface area contributed by atoms with Crippen LogP contribution in [0.2, 0.25) is 0 Å². The van der Waals surface area contributed by atoms with Crippen LogP contribution in [0, 0.1) is 6.92 Å². The molecule has 29 heavy (non-hydrogen) atoms. The van der Waals surface area contributed by atoms with E-state index in [0.717, 1.165) is 16.1 Å². The Kier molecular flexibility index (Phi) is 6.05. The molecule has 2 heterocycles. The van der Waals surface area contributed by atoms with Crippen LogP contribution in [0.5, 0.6) is 0 Å². The van der Waals surface area contributed by atoms with Gasteiger partial charge in [-0.2, -0.15) is 0 Å². The smallest absolute Gasteiger partial charge is 0.327 e. The van der Waals surface area contributed by atoms with Crippen LogP contribution in [0.25, 0.3) is 0 Å². The van der Waals surface area contributed by atoms with Crippen molar-refractivity contribution in [1.29, 1.82) is 0 Å². The van der Waals surface area contributed by atoms with E-state index in [1.807, 2.05) is 38.1 Å². The fourth-order valence-corrected chi connectivity index (χ4v) is 4.39. The van der Waals surface area contributed by atoms with Gasteiger partial charge in [0.1, 0.15) is 29.0 Å². The number of β-amino-alcohol motifs (C(OH)–C–C–N with tert-alkyl or cyclic N) is 1. The minimum Gasteiger partial charge on any atom is -0.394 e. The number of anilines is 3. The SMILES string of the molecule is Cc1cc2c(cc1N(C)C)N(C[C@H](O)[C@H](O)[C@H](O)CO)c1[nH]c(=O)[nH]c(=O)c1S2. The van der Waals surface area contributed by atoms with Crippen LogP contribution in [0.3, 0.4) is 0 Å². The third-order valence-electron chi connectivity index (χ3n) is 4.76. The maximum absolute atomic E-state index is 12.4. The van der Waals surface area contributed by atoms with Crippen molar-refractivity contribution >= 4 is 29.0 Å². The molecule has 0 aliphatic carbocycles. The molecule has 3 atom stereocenters. The van der Waals surface area contributed by atoms with Gasteiger partial charge in [-0.3, -0.25) is 14.8 Å². The quantitative estimate of drug-likeness (QED) is 0.347. The summed E-state index contributed by atoms with van der Waals surface area (Å²) in [7, 11) is 3.76. The lowest BCUT2D eigenvalue weighted by Crippen LogP contribution is -2.46. The molecule has 0 saturated heterocycles. The zero-order chi connectivity index (χ0) is 21.5. The number of benzene rings is 1. The van der Waals surface area contributed by atoms with Crippen LogP contribution < -0.4 is 21.0 Å².